The molecule has 7 nitrogen and oxygen atoms in total. The number of alkyl halides is 1. The molecule has 0 amide bonds. The van der Waals surface area contributed by atoms with Crippen molar-refractivity contribution in [3.8, 4) is 0 Å². The van der Waals surface area contributed by atoms with Crippen LogP contribution in [0.2, 0.25) is 0 Å². The van der Waals surface area contributed by atoms with Crippen LogP contribution in [0.5, 0.6) is 0 Å². The quantitative estimate of drug-likeness (QED) is 0.642. The summed E-state index contributed by atoms with van der Waals surface area (Å²) in [4.78, 5) is 17.1. The monoisotopic (exact) mass is 359 g/mol. The van der Waals surface area contributed by atoms with Gasteiger partial charge in [0, 0.05) is 11.1 Å². The number of nitrogens with one attached hydrogen (secondary N) is 1. The van der Waals surface area contributed by atoms with Crippen molar-refractivity contribution < 1.29 is 27.5 Å². The highest BCUT2D eigenvalue weighted by atomic mass is 35.5. The van der Waals surface area contributed by atoms with Gasteiger partial charge in [0.05, 0.1) is 29.9 Å². The SMILES string of the molecule is COC(=O)c1cccc(C2=C3CCOC3ON2)c1S(=O)(=O)CCl. The molecule has 0 aliphatic carbocycles. The Balaban J connectivity index is 2.26. The third-order valence-corrected chi connectivity index (χ3v) is 5.87. The zero-order chi connectivity index (χ0) is 16.6. The number of hydrogen-bond donors (Lipinski definition) is 1. The second-order valence-corrected chi connectivity index (χ2v) is 7.48. The van der Waals surface area contributed by atoms with Crippen molar-refractivity contribution in [2.75, 3.05) is 18.9 Å². The smallest absolute Gasteiger partial charge is 0.339 e. The van der Waals surface area contributed by atoms with Gasteiger partial charge in [0.2, 0.25) is 6.29 Å². The molecular weight excluding hydrogens is 346 g/mol. The van der Waals surface area contributed by atoms with E-state index in [2.05, 4.69) is 10.2 Å². The van der Waals surface area contributed by atoms with Gasteiger partial charge in [-0.05, 0) is 12.5 Å². The number of fused-ring (bicyclic) bond motifs is 1. The Labute approximate surface area is 138 Å². The van der Waals surface area contributed by atoms with Crippen LogP contribution >= 0.6 is 11.6 Å². The summed E-state index contributed by atoms with van der Waals surface area (Å²) in [5.74, 6) is -0.751. The second-order valence-electron chi connectivity index (χ2n) is 4.97. The van der Waals surface area contributed by atoms with Crippen molar-refractivity contribution >= 4 is 33.1 Å². The van der Waals surface area contributed by atoms with E-state index >= 15 is 0 Å². The molecule has 0 radical (unpaired) electrons. The van der Waals surface area contributed by atoms with Crippen LogP contribution in [0.4, 0.5) is 0 Å². The van der Waals surface area contributed by atoms with Gasteiger partial charge >= 0.3 is 5.97 Å². The molecule has 0 spiro atoms. The number of halogens is 1. The summed E-state index contributed by atoms with van der Waals surface area (Å²) in [5, 5.41) is -0.655. The first-order valence-electron chi connectivity index (χ1n) is 6.76. The number of hydroxylamine groups is 1. The molecule has 1 aromatic carbocycles. The highest BCUT2D eigenvalue weighted by Gasteiger charge is 2.36. The zero-order valence-corrected chi connectivity index (χ0v) is 13.7. The van der Waals surface area contributed by atoms with E-state index in [1.807, 2.05) is 0 Å². The number of carbonyl (C=O) groups is 1. The fourth-order valence-electron chi connectivity index (χ4n) is 2.64. The Hall–Kier alpha value is -1.61. The lowest BCUT2D eigenvalue weighted by atomic mass is 10.0. The molecule has 1 aromatic rings. The Bertz CT molecular complexity index is 788. The predicted octanol–water partition coefficient (Wildman–Crippen LogP) is 1.44. The molecule has 2 aliphatic heterocycles. The molecule has 1 N–H and O–H groups in total. The van der Waals surface area contributed by atoms with E-state index in [1.165, 1.54) is 13.2 Å². The summed E-state index contributed by atoms with van der Waals surface area (Å²) in [5.41, 5.74) is 4.23. The lowest BCUT2D eigenvalue weighted by Gasteiger charge is -2.14. The fraction of sp³-hybridized carbons (Fsp3) is 0.357. The number of hydrogen-bond acceptors (Lipinski definition) is 7. The van der Waals surface area contributed by atoms with Crippen LogP contribution in [-0.4, -0.2) is 39.6 Å². The van der Waals surface area contributed by atoms with Crippen LogP contribution in [0.3, 0.4) is 0 Å². The Morgan fingerprint density at radius 3 is 2.96 bits per heavy atom. The summed E-state index contributed by atoms with van der Waals surface area (Å²) in [7, 11) is -2.70. The van der Waals surface area contributed by atoms with Crippen LogP contribution in [0.25, 0.3) is 5.70 Å². The summed E-state index contributed by atoms with van der Waals surface area (Å²) in [6, 6.07) is 4.55. The lowest BCUT2D eigenvalue weighted by Crippen LogP contribution is -2.17. The highest BCUT2D eigenvalue weighted by Crippen LogP contribution is 2.37. The van der Waals surface area contributed by atoms with Crippen LogP contribution in [0.15, 0.2) is 28.7 Å². The van der Waals surface area contributed by atoms with Crippen molar-refractivity contribution in [1.82, 2.24) is 5.48 Å². The molecule has 1 atom stereocenters. The van der Waals surface area contributed by atoms with E-state index < -0.39 is 27.3 Å². The molecule has 9 heteroatoms. The van der Waals surface area contributed by atoms with Gasteiger partial charge in [-0.1, -0.05) is 12.1 Å². The van der Waals surface area contributed by atoms with E-state index in [0.717, 1.165) is 5.57 Å². The van der Waals surface area contributed by atoms with Gasteiger partial charge in [-0.25, -0.2) is 18.0 Å². The van der Waals surface area contributed by atoms with Gasteiger partial charge < -0.3 is 9.47 Å². The molecule has 1 fully saturated rings. The number of esters is 1. The number of carbonyl (C=O) groups excluding carboxylic acids is 1. The Morgan fingerprint density at radius 1 is 1.48 bits per heavy atom. The number of sulfone groups is 1. The van der Waals surface area contributed by atoms with Gasteiger partial charge in [-0.2, -0.15) is 0 Å². The topological polar surface area (TPSA) is 90.9 Å². The first-order valence-corrected chi connectivity index (χ1v) is 8.95. The molecule has 124 valence electrons. The molecule has 1 saturated heterocycles. The maximum absolute atomic E-state index is 12.4. The molecule has 2 aliphatic rings. The van der Waals surface area contributed by atoms with Crippen LogP contribution in [0, 0.1) is 0 Å². The van der Waals surface area contributed by atoms with Crippen molar-refractivity contribution in [2.24, 2.45) is 0 Å². The molecule has 0 saturated carbocycles. The molecule has 0 aromatic heterocycles. The summed E-state index contributed by atoms with van der Waals surface area (Å²) in [6.45, 7) is 0.486. The van der Waals surface area contributed by atoms with Gasteiger partial charge in [-0.3, -0.25) is 5.48 Å². The Kier molecular flexibility index (Phi) is 4.33. The average molecular weight is 360 g/mol. The van der Waals surface area contributed by atoms with Gasteiger partial charge in [0.1, 0.15) is 5.21 Å². The van der Waals surface area contributed by atoms with Crippen molar-refractivity contribution in [2.45, 2.75) is 17.6 Å². The van der Waals surface area contributed by atoms with Crippen LogP contribution in [0.1, 0.15) is 22.3 Å². The minimum atomic E-state index is -3.89. The normalized spacial score (nSPS) is 20.3. The molecule has 2 heterocycles. The maximum atomic E-state index is 12.4. The molecule has 0 bridgehead atoms. The average Bonchev–Trinajstić information content (AvgIpc) is 3.16. The number of rotatable bonds is 4. The standard InChI is InChI=1S/C14H14ClNO6S/c1-20-13(17)10-4-2-3-8(12(10)23(18,19)7-15)11-9-5-6-21-14(9)22-16-11/h2-4,14,16H,5-7H2,1H3. The van der Waals surface area contributed by atoms with Crippen molar-refractivity contribution in [1.29, 1.82) is 0 Å². The summed E-state index contributed by atoms with van der Waals surface area (Å²) in [6.07, 6.45) is 0.0638. The number of benzene rings is 1. The minimum absolute atomic E-state index is 0.0667. The van der Waals surface area contributed by atoms with Crippen LogP contribution in [-0.2, 0) is 24.1 Å². The maximum Gasteiger partial charge on any atom is 0.339 e. The first kappa shape index (κ1) is 16.3. The van der Waals surface area contributed by atoms with Gasteiger partial charge in [-0.15, -0.1) is 11.6 Å². The largest absolute Gasteiger partial charge is 0.465 e. The van der Waals surface area contributed by atoms with E-state index in [-0.39, 0.29) is 10.5 Å². The third-order valence-electron chi connectivity index (χ3n) is 3.66. The Morgan fingerprint density at radius 2 is 2.26 bits per heavy atom. The van der Waals surface area contributed by atoms with Gasteiger partial charge in [0.25, 0.3) is 0 Å². The third kappa shape index (κ3) is 2.72. The molecule has 3 rings (SSSR count). The first-order chi connectivity index (χ1) is 11.0. The highest BCUT2D eigenvalue weighted by molar-refractivity contribution is 7.92. The second kappa shape index (κ2) is 6.12. The number of ether oxygens (including phenoxy) is 2. The summed E-state index contributed by atoms with van der Waals surface area (Å²) >= 11 is 5.61. The minimum Gasteiger partial charge on any atom is -0.465 e. The van der Waals surface area contributed by atoms with Gasteiger partial charge in [0.15, 0.2) is 9.84 Å². The van der Waals surface area contributed by atoms with E-state index in [9.17, 15) is 13.2 Å². The van der Waals surface area contributed by atoms with E-state index in [1.54, 1.807) is 12.1 Å². The number of methoxy groups -OCH3 is 1. The molecule has 23 heavy (non-hydrogen) atoms. The van der Waals surface area contributed by atoms with Crippen LogP contribution < -0.4 is 5.48 Å². The summed E-state index contributed by atoms with van der Waals surface area (Å²) < 4.78 is 35.0. The van der Waals surface area contributed by atoms with E-state index in [4.69, 9.17) is 21.2 Å². The lowest BCUT2D eigenvalue weighted by molar-refractivity contribution is -0.109. The zero-order valence-electron chi connectivity index (χ0n) is 12.2. The van der Waals surface area contributed by atoms with Crippen molar-refractivity contribution in [3.63, 3.8) is 0 Å². The molecule has 1 unspecified atom stereocenters. The predicted molar refractivity (Wildman–Crippen MR) is 81.2 cm³/mol. The fourth-order valence-corrected chi connectivity index (χ4v) is 4.07. The van der Waals surface area contributed by atoms with Crippen molar-refractivity contribution in [3.05, 3.63) is 34.9 Å². The van der Waals surface area contributed by atoms with E-state index in [0.29, 0.717) is 24.3 Å². The molecular formula is C14H14ClNO6S.